The summed E-state index contributed by atoms with van der Waals surface area (Å²) in [7, 11) is 0. The first kappa shape index (κ1) is 15.6. The molecule has 0 aromatic heterocycles. The standard InChI is InChI=1S/C13H16F3N3O2/c14-13(15,16)21-10-3-1-2-9(5-10)19-12(20)11-4-8(6-17)7-18-11/h1-3,5,8,11,18H,4,6-7,17H2,(H,19,20). The summed E-state index contributed by atoms with van der Waals surface area (Å²) >= 11 is 0. The summed E-state index contributed by atoms with van der Waals surface area (Å²) in [6.45, 7) is 1.15. The molecule has 5 nitrogen and oxygen atoms in total. The Morgan fingerprint density at radius 2 is 2.24 bits per heavy atom. The number of rotatable bonds is 4. The first-order chi connectivity index (χ1) is 9.87. The van der Waals surface area contributed by atoms with Crippen molar-refractivity contribution in [2.45, 2.75) is 18.8 Å². The second-order valence-electron chi connectivity index (χ2n) is 4.86. The van der Waals surface area contributed by atoms with Gasteiger partial charge in [0.25, 0.3) is 0 Å². The van der Waals surface area contributed by atoms with Crippen LogP contribution in [0.3, 0.4) is 0 Å². The van der Waals surface area contributed by atoms with Crippen LogP contribution in [-0.4, -0.2) is 31.4 Å². The van der Waals surface area contributed by atoms with E-state index >= 15 is 0 Å². The summed E-state index contributed by atoms with van der Waals surface area (Å²) in [5.41, 5.74) is 5.78. The van der Waals surface area contributed by atoms with E-state index in [-0.39, 0.29) is 29.3 Å². The van der Waals surface area contributed by atoms with Gasteiger partial charge in [-0.3, -0.25) is 4.79 Å². The van der Waals surface area contributed by atoms with Crippen LogP contribution >= 0.6 is 0 Å². The Kier molecular flexibility index (Phi) is 4.69. The molecule has 1 aromatic rings. The van der Waals surface area contributed by atoms with Gasteiger partial charge in [-0.1, -0.05) is 6.07 Å². The van der Waals surface area contributed by atoms with E-state index < -0.39 is 6.36 Å². The van der Waals surface area contributed by atoms with E-state index in [2.05, 4.69) is 15.4 Å². The zero-order valence-electron chi connectivity index (χ0n) is 11.1. The molecular weight excluding hydrogens is 287 g/mol. The molecule has 21 heavy (non-hydrogen) atoms. The molecule has 0 radical (unpaired) electrons. The van der Waals surface area contributed by atoms with Crippen molar-refractivity contribution in [1.82, 2.24) is 5.32 Å². The Bertz CT molecular complexity index is 508. The minimum absolute atomic E-state index is 0.237. The van der Waals surface area contributed by atoms with Crippen molar-refractivity contribution < 1.29 is 22.7 Å². The number of hydrogen-bond acceptors (Lipinski definition) is 4. The molecule has 0 saturated carbocycles. The van der Waals surface area contributed by atoms with Crippen molar-refractivity contribution in [3.8, 4) is 5.75 Å². The molecule has 0 bridgehead atoms. The molecule has 0 aliphatic carbocycles. The fraction of sp³-hybridized carbons (Fsp3) is 0.462. The van der Waals surface area contributed by atoms with E-state index in [0.29, 0.717) is 19.5 Å². The lowest BCUT2D eigenvalue weighted by Gasteiger charge is -2.13. The number of halogens is 3. The summed E-state index contributed by atoms with van der Waals surface area (Å²) in [6, 6.07) is 4.78. The van der Waals surface area contributed by atoms with Crippen LogP contribution < -0.4 is 21.1 Å². The first-order valence-corrected chi connectivity index (χ1v) is 6.47. The largest absolute Gasteiger partial charge is 0.573 e. The minimum atomic E-state index is -4.76. The van der Waals surface area contributed by atoms with E-state index in [4.69, 9.17) is 5.73 Å². The van der Waals surface area contributed by atoms with E-state index in [0.717, 1.165) is 6.07 Å². The van der Waals surface area contributed by atoms with Crippen molar-refractivity contribution in [2.24, 2.45) is 11.7 Å². The van der Waals surface area contributed by atoms with E-state index in [1.807, 2.05) is 0 Å². The third-order valence-corrected chi connectivity index (χ3v) is 3.21. The molecule has 8 heteroatoms. The number of anilines is 1. The van der Waals surface area contributed by atoms with Crippen molar-refractivity contribution >= 4 is 11.6 Å². The van der Waals surface area contributed by atoms with Gasteiger partial charge in [0.15, 0.2) is 0 Å². The molecule has 1 aromatic carbocycles. The molecule has 1 amide bonds. The maximum atomic E-state index is 12.1. The number of hydrogen-bond donors (Lipinski definition) is 3. The van der Waals surface area contributed by atoms with Gasteiger partial charge in [0.05, 0.1) is 6.04 Å². The Hall–Kier alpha value is -1.80. The van der Waals surface area contributed by atoms with Crippen LogP contribution in [0.5, 0.6) is 5.75 Å². The molecule has 1 heterocycles. The number of ether oxygens (including phenoxy) is 1. The monoisotopic (exact) mass is 303 g/mol. The summed E-state index contributed by atoms with van der Waals surface area (Å²) in [5, 5.41) is 5.59. The topological polar surface area (TPSA) is 76.4 Å². The number of amides is 1. The highest BCUT2D eigenvalue weighted by atomic mass is 19.4. The second-order valence-corrected chi connectivity index (χ2v) is 4.86. The van der Waals surface area contributed by atoms with Crippen LogP contribution in [0.15, 0.2) is 24.3 Å². The zero-order chi connectivity index (χ0) is 15.5. The first-order valence-electron chi connectivity index (χ1n) is 6.47. The lowest BCUT2D eigenvalue weighted by atomic mass is 10.1. The van der Waals surface area contributed by atoms with Crippen LogP contribution in [-0.2, 0) is 4.79 Å². The fourth-order valence-corrected chi connectivity index (χ4v) is 2.19. The summed E-state index contributed by atoms with van der Waals surface area (Å²) in [5.74, 6) is -0.435. The third-order valence-electron chi connectivity index (χ3n) is 3.21. The third kappa shape index (κ3) is 4.61. The van der Waals surface area contributed by atoms with Crippen LogP contribution in [0, 0.1) is 5.92 Å². The van der Waals surface area contributed by atoms with E-state index in [1.165, 1.54) is 18.2 Å². The molecule has 2 rings (SSSR count). The van der Waals surface area contributed by atoms with E-state index in [9.17, 15) is 18.0 Å². The van der Waals surface area contributed by atoms with Crippen LogP contribution in [0.25, 0.3) is 0 Å². The molecular formula is C13H16F3N3O2. The molecule has 1 fully saturated rings. The number of carbonyl (C=O) groups excluding carboxylic acids is 1. The lowest BCUT2D eigenvalue weighted by molar-refractivity contribution is -0.274. The summed E-state index contributed by atoms with van der Waals surface area (Å²) in [6.07, 6.45) is -4.15. The number of alkyl halides is 3. The number of benzene rings is 1. The van der Waals surface area contributed by atoms with Crippen LogP contribution in [0.4, 0.5) is 18.9 Å². The van der Waals surface area contributed by atoms with Crippen molar-refractivity contribution in [1.29, 1.82) is 0 Å². The van der Waals surface area contributed by atoms with Crippen molar-refractivity contribution in [3.63, 3.8) is 0 Å². The highest BCUT2D eigenvalue weighted by Crippen LogP contribution is 2.25. The maximum absolute atomic E-state index is 12.1. The molecule has 116 valence electrons. The minimum Gasteiger partial charge on any atom is -0.406 e. The smallest absolute Gasteiger partial charge is 0.406 e. The van der Waals surface area contributed by atoms with Crippen molar-refractivity contribution in [3.05, 3.63) is 24.3 Å². The van der Waals surface area contributed by atoms with Gasteiger partial charge >= 0.3 is 6.36 Å². The van der Waals surface area contributed by atoms with Gasteiger partial charge in [-0.25, -0.2) is 0 Å². The number of nitrogens with one attached hydrogen (secondary N) is 2. The SMILES string of the molecule is NCC1CNC(C(=O)Nc2cccc(OC(F)(F)F)c2)C1. The van der Waals surface area contributed by atoms with Crippen molar-refractivity contribution in [2.75, 3.05) is 18.4 Å². The van der Waals surface area contributed by atoms with Gasteiger partial charge < -0.3 is 21.1 Å². The predicted octanol–water partition coefficient (Wildman–Crippen LogP) is 1.46. The van der Waals surface area contributed by atoms with Gasteiger partial charge in [-0.05, 0) is 37.6 Å². The molecule has 2 atom stereocenters. The van der Waals surface area contributed by atoms with Gasteiger partial charge in [-0.15, -0.1) is 13.2 Å². The summed E-state index contributed by atoms with van der Waals surface area (Å²) in [4.78, 5) is 12.0. The molecule has 4 N–H and O–H groups in total. The van der Waals surface area contributed by atoms with Gasteiger partial charge in [0, 0.05) is 11.8 Å². The van der Waals surface area contributed by atoms with E-state index in [1.54, 1.807) is 0 Å². The Labute approximate surface area is 119 Å². The zero-order valence-corrected chi connectivity index (χ0v) is 11.1. The Morgan fingerprint density at radius 3 is 2.86 bits per heavy atom. The van der Waals surface area contributed by atoms with Gasteiger partial charge in [0.1, 0.15) is 5.75 Å². The average Bonchev–Trinajstić information content (AvgIpc) is 2.85. The van der Waals surface area contributed by atoms with Crippen LogP contribution in [0.2, 0.25) is 0 Å². The second kappa shape index (κ2) is 6.31. The van der Waals surface area contributed by atoms with Crippen LogP contribution in [0.1, 0.15) is 6.42 Å². The average molecular weight is 303 g/mol. The highest BCUT2D eigenvalue weighted by molar-refractivity contribution is 5.95. The molecule has 2 unspecified atom stereocenters. The van der Waals surface area contributed by atoms with Gasteiger partial charge in [-0.2, -0.15) is 0 Å². The fourth-order valence-electron chi connectivity index (χ4n) is 2.19. The molecule has 0 spiro atoms. The number of nitrogens with two attached hydrogens (primary N) is 1. The maximum Gasteiger partial charge on any atom is 0.573 e. The predicted molar refractivity (Wildman–Crippen MR) is 70.7 cm³/mol. The Morgan fingerprint density at radius 1 is 1.48 bits per heavy atom. The summed E-state index contributed by atoms with van der Waals surface area (Å²) < 4.78 is 40.2. The molecule has 1 aliphatic rings. The van der Waals surface area contributed by atoms with Gasteiger partial charge in [0.2, 0.25) is 5.91 Å². The number of carbonyl (C=O) groups is 1. The molecule has 1 aliphatic heterocycles. The quantitative estimate of drug-likeness (QED) is 0.787. The molecule has 1 saturated heterocycles. The lowest BCUT2D eigenvalue weighted by Crippen LogP contribution is -2.35. The Balaban J connectivity index is 1.96. The normalized spacial score (nSPS) is 22.1. The highest BCUT2D eigenvalue weighted by Gasteiger charge is 2.31.